The summed E-state index contributed by atoms with van der Waals surface area (Å²) in [6.07, 6.45) is 2.53. The van der Waals surface area contributed by atoms with Gasteiger partial charge in [0.05, 0.1) is 17.8 Å². The minimum absolute atomic E-state index is 0.173. The summed E-state index contributed by atoms with van der Waals surface area (Å²) in [6.45, 7) is 2.34. The standard InChI is InChI=1S/C15H15NO2/c1-12(10-17)15-8-7-14(9-16-15)18-11-13-5-3-2-4-6-13/h2-10,12H,11H2,1H3. The molecule has 1 unspecified atom stereocenters. The van der Waals surface area contributed by atoms with E-state index in [1.165, 1.54) is 0 Å². The number of rotatable bonds is 5. The van der Waals surface area contributed by atoms with Gasteiger partial charge in [-0.1, -0.05) is 37.3 Å². The number of carbonyl (C=O) groups is 1. The number of carbonyl (C=O) groups excluding carboxylic acids is 1. The Morgan fingerprint density at radius 3 is 2.61 bits per heavy atom. The molecule has 1 heterocycles. The van der Waals surface area contributed by atoms with Crippen molar-refractivity contribution in [2.24, 2.45) is 0 Å². The van der Waals surface area contributed by atoms with Gasteiger partial charge in [0.15, 0.2) is 0 Å². The maximum absolute atomic E-state index is 10.6. The van der Waals surface area contributed by atoms with Gasteiger partial charge in [0, 0.05) is 0 Å². The molecule has 0 saturated carbocycles. The molecular weight excluding hydrogens is 226 g/mol. The van der Waals surface area contributed by atoms with Crippen LogP contribution in [0.15, 0.2) is 48.7 Å². The first-order valence-corrected chi connectivity index (χ1v) is 5.87. The van der Waals surface area contributed by atoms with Crippen molar-refractivity contribution in [1.29, 1.82) is 0 Å². The Morgan fingerprint density at radius 1 is 1.22 bits per heavy atom. The predicted molar refractivity (Wildman–Crippen MR) is 69.5 cm³/mol. The Hall–Kier alpha value is -2.16. The molecule has 2 aromatic rings. The monoisotopic (exact) mass is 241 g/mol. The summed E-state index contributed by atoms with van der Waals surface area (Å²) in [6, 6.07) is 13.6. The fourth-order valence-corrected chi connectivity index (χ4v) is 1.56. The van der Waals surface area contributed by atoms with E-state index >= 15 is 0 Å². The van der Waals surface area contributed by atoms with Crippen molar-refractivity contribution in [2.75, 3.05) is 0 Å². The Morgan fingerprint density at radius 2 is 2.00 bits per heavy atom. The predicted octanol–water partition coefficient (Wildman–Crippen LogP) is 2.96. The van der Waals surface area contributed by atoms with Crippen molar-refractivity contribution < 1.29 is 9.53 Å². The van der Waals surface area contributed by atoms with Gasteiger partial charge in [0.2, 0.25) is 0 Å². The lowest BCUT2D eigenvalue weighted by Gasteiger charge is -2.07. The first kappa shape index (κ1) is 12.3. The normalized spacial score (nSPS) is 11.8. The van der Waals surface area contributed by atoms with E-state index in [0.29, 0.717) is 12.4 Å². The molecule has 1 atom stereocenters. The number of nitrogens with zero attached hydrogens (tertiary/aromatic N) is 1. The lowest BCUT2D eigenvalue weighted by atomic mass is 10.1. The van der Waals surface area contributed by atoms with E-state index in [0.717, 1.165) is 17.5 Å². The lowest BCUT2D eigenvalue weighted by molar-refractivity contribution is -0.108. The Balaban J connectivity index is 1.96. The van der Waals surface area contributed by atoms with E-state index in [4.69, 9.17) is 4.74 Å². The second kappa shape index (κ2) is 5.96. The molecule has 0 N–H and O–H groups in total. The number of hydrogen-bond acceptors (Lipinski definition) is 3. The number of aromatic nitrogens is 1. The van der Waals surface area contributed by atoms with Crippen LogP contribution in [0.3, 0.4) is 0 Å². The highest BCUT2D eigenvalue weighted by molar-refractivity contribution is 5.60. The van der Waals surface area contributed by atoms with Gasteiger partial charge in [-0.05, 0) is 17.7 Å². The minimum Gasteiger partial charge on any atom is -0.487 e. The van der Waals surface area contributed by atoms with Crippen LogP contribution in [-0.4, -0.2) is 11.3 Å². The number of ether oxygens (including phenoxy) is 1. The van der Waals surface area contributed by atoms with Crippen molar-refractivity contribution in [2.45, 2.75) is 19.4 Å². The lowest BCUT2D eigenvalue weighted by Crippen LogP contribution is -1.99. The molecule has 1 aromatic carbocycles. The van der Waals surface area contributed by atoms with Crippen molar-refractivity contribution >= 4 is 6.29 Å². The second-order valence-corrected chi connectivity index (χ2v) is 4.12. The molecule has 92 valence electrons. The summed E-state index contributed by atoms with van der Waals surface area (Å²) in [5, 5.41) is 0. The molecule has 2 rings (SSSR count). The zero-order chi connectivity index (χ0) is 12.8. The summed E-state index contributed by atoms with van der Waals surface area (Å²) < 4.78 is 5.61. The average Bonchev–Trinajstić information content (AvgIpc) is 2.46. The molecule has 0 bridgehead atoms. The average molecular weight is 241 g/mol. The third kappa shape index (κ3) is 3.17. The van der Waals surface area contributed by atoms with Crippen LogP contribution in [0.2, 0.25) is 0 Å². The highest BCUT2D eigenvalue weighted by atomic mass is 16.5. The number of pyridine rings is 1. The summed E-state index contributed by atoms with van der Waals surface area (Å²) in [5.74, 6) is 0.536. The first-order valence-electron chi connectivity index (χ1n) is 5.87. The van der Waals surface area contributed by atoms with Crippen LogP contribution in [0.4, 0.5) is 0 Å². The molecule has 0 aliphatic carbocycles. The van der Waals surface area contributed by atoms with E-state index < -0.39 is 0 Å². The first-order chi connectivity index (χ1) is 8.79. The fourth-order valence-electron chi connectivity index (χ4n) is 1.56. The van der Waals surface area contributed by atoms with Gasteiger partial charge in [0.1, 0.15) is 18.6 Å². The molecule has 18 heavy (non-hydrogen) atoms. The fraction of sp³-hybridized carbons (Fsp3) is 0.200. The van der Waals surface area contributed by atoms with Gasteiger partial charge in [-0.25, -0.2) is 0 Å². The van der Waals surface area contributed by atoms with Crippen LogP contribution in [0, 0.1) is 0 Å². The topological polar surface area (TPSA) is 39.2 Å². The molecule has 0 fully saturated rings. The van der Waals surface area contributed by atoms with Crippen molar-refractivity contribution in [3.8, 4) is 5.75 Å². The molecule has 0 aliphatic heterocycles. The van der Waals surface area contributed by atoms with Gasteiger partial charge < -0.3 is 9.53 Å². The summed E-state index contributed by atoms with van der Waals surface area (Å²) in [5.41, 5.74) is 1.87. The Kier molecular flexibility index (Phi) is 4.07. The van der Waals surface area contributed by atoms with Crippen molar-refractivity contribution in [1.82, 2.24) is 4.98 Å². The van der Waals surface area contributed by atoms with E-state index in [1.54, 1.807) is 6.20 Å². The second-order valence-electron chi connectivity index (χ2n) is 4.12. The van der Waals surface area contributed by atoms with Gasteiger partial charge in [-0.3, -0.25) is 4.98 Å². The largest absolute Gasteiger partial charge is 0.487 e. The minimum atomic E-state index is -0.173. The van der Waals surface area contributed by atoms with Gasteiger partial charge in [-0.2, -0.15) is 0 Å². The van der Waals surface area contributed by atoms with Crippen LogP contribution in [0.25, 0.3) is 0 Å². The highest BCUT2D eigenvalue weighted by Crippen LogP contribution is 2.15. The van der Waals surface area contributed by atoms with Crippen LogP contribution < -0.4 is 4.74 Å². The van der Waals surface area contributed by atoms with E-state index in [2.05, 4.69) is 4.98 Å². The number of hydrogen-bond donors (Lipinski definition) is 0. The molecule has 0 spiro atoms. The van der Waals surface area contributed by atoms with Gasteiger partial charge >= 0.3 is 0 Å². The van der Waals surface area contributed by atoms with Crippen LogP contribution >= 0.6 is 0 Å². The van der Waals surface area contributed by atoms with E-state index in [-0.39, 0.29) is 5.92 Å². The summed E-state index contributed by atoms with van der Waals surface area (Å²) in [7, 11) is 0. The smallest absolute Gasteiger partial charge is 0.138 e. The molecule has 0 radical (unpaired) electrons. The van der Waals surface area contributed by atoms with E-state index in [1.807, 2.05) is 49.4 Å². The SMILES string of the molecule is CC(C=O)c1ccc(OCc2ccccc2)cn1. The van der Waals surface area contributed by atoms with Crippen LogP contribution in [-0.2, 0) is 11.4 Å². The third-order valence-corrected chi connectivity index (χ3v) is 2.68. The molecular formula is C15H15NO2. The van der Waals surface area contributed by atoms with Gasteiger partial charge in [-0.15, -0.1) is 0 Å². The quantitative estimate of drug-likeness (QED) is 0.755. The molecule has 0 amide bonds. The molecule has 3 nitrogen and oxygen atoms in total. The van der Waals surface area contributed by atoms with Crippen LogP contribution in [0.5, 0.6) is 5.75 Å². The maximum Gasteiger partial charge on any atom is 0.138 e. The van der Waals surface area contributed by atoms with Crippen molar-refractivity contribution in [3.05, 3.63) is 59.9 Å². The summed E-state index contributed by atoms with van der Waals surface area (Å²) in [4.78, 5) is 14.8. The zero-order valence-electron chi connectivity index (χ0n) is 10.2. The highest BCUT2D eigenvalue weighted by Gasteiger charge is 2.05. The molecule has 1 aromatic heterocycles. The number of benzene rings is 1. The summed E-state index contributed by atoms with van der Waals surface area (Å²) >= 11 is 0. The Labute approximate surface area is 106 Å². The van der Waals surface area contributed by atoms with Crippen LogP contribution in [0.1, 0.15) is 24.1 Å². The van der Waals surface area contributed by atoms with E-state index in [9.17, 15) is 4.79 Å². The third-order valence-electron chi connectivity index (χ3n) is 2.68. The molecule has 0 saturated heterocycles. The Bertz CT molecular complexity index is 494. The maximum atomic E-state index is 10.6. The molecule has 0 aliphatic rings. The molecule has 3 heteroatoms. The zero-order valence-corrected chi connectivity index (χ0v) is 10.2. The number of aldehydes is 1. The van der Waals surface area contributed by atoms with Crippen molar-refractivity contribution in [3.63, 3.8) is 0 Å². The van der Waals surface area contributed by atoms with Gasteiger partial charge in [0.25, 0.3) is 0 Å².